The van der Waals surface area contributed by atoms with Crippen LogP contribution in [0.5, 0.6) is 0 Å². The first-order valence-electron chi connectivity index (χ1n) is 8.54. The van der Waals surface area contributed by atoms with Crippen molar-refractivity contribution in [2.75, 3.05) is 6.61 Å². The summed E-state index contributed by atoms with van der Waals surface area (Å²) in [5.41, 5.74) is 2.37. The van der Waals surface area contributed by atoms with E-state index in [9.17, 15) is 4.39 Å². The molecule has 0 bridgehead atoms. The van der Waals surface area contributed by atoms with Crippen LogP contribution in [0.15, 0.2) is 18.2 Å². The number of hydrogen-bond acceptors (Lipinski definition) is 1. The van der Waals surface area contributed by atoms with Crippen molar-refractivity contribution in [1.82, 2.24) is 0 Å². The predicted molar refractivity (Wildman–Crippen MR) is 90.6 cm³/mol. The molecule has 1 aliphatic rings. The Morgan fingerprint density at radius 2 is 1.86 bits per heavy atom. The summed E-state index contributed by atoms with van der Waals surface area (Å²) in [6, 6.07) is 5.63. The molecule has 0 amide bonds. The number of halogens is 1. The van der Waals surface area contributed by atoms with E-state index < -0.39 is 0 Å². The van der Waals surface area contributed by atoms with Gasteiger partial charge in [-0.25, -0.2) is 4.39 Å². The molecule has 0 spiro atoms. The molecule has 0 saturated carbocycles. The first-order chi connectivity index (χ1) is 10.1. The Bertz CT molecular complexity index is 493. The lowest BCUT2D eigenvalue weighted by Gasteiger charge is -2.28. The summed E-state index contributed by atoms with van der Waals surface area (Å²) >= 11 is 0. The van der Waals surface area contributed by atoms with Crippen molar-refractivity contribution in [3.05, 3.63) is 35.1 Å². The van der Waals surface area contributed by atoms with Gasteiger partial charge in [0.15, 0.2) is 0 Å². The van der Waals surface area contributed by atoms with E-state index in [1.165, 1.54) is 5.56 Å². The van der Waals surface area contributed by atoms with Gasteiger partial charge in [0.1, 0.15) is 5.82 Å². The first kappa shape index (κ1) is 17.5. The Balaban J connectivity index is 2.08. The summed E-state index contributed by atoms with van der Waals surface area (Å²) in [5.74, 6) is -0.0712. The first-order valence-corrected chi connectivity index (χ1v) is 8.54. The molecule has 1 saturated heterocycles. The smallest absolute Gasteiger partial charge is 0.126 e. The standard InChI is InChI=1S/C20H31FO/c1-19(2,3)12-15-8-9-18(21)16(11-15)13-20(4,5)14-17-7-6-10-22-17/h8-9,11,17H,6-7,10,12-14H2,1-5H3. The minimum Gasteiger partial charge on any atom is -0.378 e. The third-order valence-electron chi connectivity index (χ3n) is 4.32. The van der Waals surface area contributed by atoms with Crippen molar-refractivity contribution in [3.63, 3.8) is 0 Å². The van der Waals surface area contributed by atoms with Crippen LogP contribution in [0, 0.1) is 16.6 Å². The van der Waals surface area contributed by atoms with Crippen LogP contribution in [-0.2, 0) is 17.6 Å². The molecule has 1 aliphatic heterocycles. The van der Waals surface area contributed by atoms with Crippen LogP contribution >= 0.6 is 0 Å². The number of hydrogen-bond donors (Lipinski definition) is 0. The van der Waals surface area contributed by atoms with Crippen LogP contribution in [0.4, 0.5) is 4.39 Å². The topological polar surface area (TPSA) is 9.23 Å². The maximum Gasteiger partial charge on any atom is 0.126 e. The highest BCUT2D eigenvalue weighted by Gasteiger charge is 2.27. The summed E-state index contributed by atoms with van der Waals surface area (Å²) in [5, 5.41) is 0. The highest BCUT2D eigenvalue weighted by Crippen LogP contribution is 2.33. The van der Waals surface area contributed by atoms with Gasteiger partial charge in [-0.2, -0.15) is 0 Å². The second kappa shape index (κ2) is 6.70. The Morgan fingerprint density at radius 1 is 1.14 bits per heavy atom. The van der Waals surface area contributed by atoms with Crippen molar-refractivity contribution < 1.29 is 9.13 Å². The van der Waals surface area contributed by atoms with Crippen LogP contribution in [0.3, 0.4) is 0 Å². The van der Waals surface area contributed by atoms with E-state index in [-0.39, 0.29) is 16.6 Å². The van der Waals surface area contributed by atoms with E-state index >= 15 is 0 Å². The molecule has 22 heavy (non-hydrogen) atoms. The largest absolute Gasteiger partial charge is 0.378 e. The zero-order chi connectivity index (χ0) is 16.4. The van der Waals surface area contributed by atoms with Gasteiger partial charge in [0.05, 0.1) is 6.10 Å². The Kier molecular flexibility index (Phi) is 5.32. The minimum atomic E-state index is -0.0712. The van der Waals surface area contributed by atoms with Gasteiger partial charge < -0.3 is 4.74 Å². The second-order valence-electron chi connectivity index (χ2n) is 8.84. The average Bonchev–Trinajstić information content (AvgIpc) is 2.83. The molecule has 1 aromatic carbocycles. The van der Waals surface area contributed by atoms with E-state index in [0.29, 0.717) is 6.10 Å². The average molecular weight is 306 g/mol. The highest BCUT2D eigenvalue weighted by atomic mass is 19.1. The van der Waals surface area contributed by atoms with E-state index in [1.54, 1.807) is 6.07 Å². The highest BCUT2D eigenvalue weighted by molar-refractivity contribution is 5.27. The monoisotopic (exact) mass is 306 g/mol. The fraction of sp³-hybridized carbons (Fsp3) is 0.700. The lowest BCUT2D eigenvalue weighted by atomic mass is 9.79. The van der Waals surface area contributed by atoms with Gasteiger partial charge in [0.2, 0.25) is 0 Å². The second-order valence-corrected chi connectivity index (χ2v) is 8.84. The molecule has 2 heteroatoms. The summed E-state index contributed by atoms with van der Waals surface area (Å²) in [7, 11) is 0. The van der Waals surface area contributed by atoms with E-state index in [0.717, 1.165) is 44.3 Å². The quantitative estimate of drug-likeness (QED) is 0.693. The number of ether oxygens (including phenoxy) is 1. The normalized spacial score (nSPS) is 19.6. The number of rotatable bonds is 5. The molecule has 1 heterocycles. The van der Waals surface area contributed by atoms with Crippen LogP contribution in [0.2, 0.25) is 0 Å². The molecule has 1 nitrogen and oxygen atoms in total. The fourth-order valence-corrected chi connectivity index (χ4v) is 3.50. The lowest BCUT2D eigenvalue weighted by molar-refractivity contribution is 0.0713. The minimum absolute atomic E-state index is 0.0657. The molecule has 0 radical (unpaired) electrons. The van der Waals surface area contributed by atoms with Crippen molar-refractivity contribution in [2.45, 2.75) is 72.8 Å². The molecule has 2 rings (SSSR count). The van der Waals surface area contributed by atoms with Crippen molar-refractivity contribution in [3.8, 4) is 0 Å². The summed E-state index contributed by atoms with van der Waals surface area (Å²) < 4.78 is 20.0. The van der Waals surface area contributed by atoms with E-state index in [4.69, 9.17) is 4.74 Å². The van der Waals surface area contributed by atoms with Crippen LogP contribution in [-0.4, -0.2) is 12.7 Å². The molecular formula is C20H31FO. The third kappa shape index (κ3) is 5.39. The number of benzene rings is 1. The van der Waals surface area contributed by atoms with Crippen LogP contribution in [0.25, 0.3) is 0 Å². The van der Waals surface area contributed by atoms with Crippen molar-refractivity contribution in [2.24, 2.45) is 10.8 Å². The molecular weight excluding hydrogens is 275 g/mol. The van der Waals surface area contributed by atoms with Gasteiger partial charge in [0, 0.05) is 6.61 Å². The van der Waals surface area contributed by atoms with Gasteiger partial charge in [-0.1, -0.05) is 46.8 Å². The lowest BCUT2D eigenvalue weighted by Crippen LogP contribution is -2.23. The van der Waals surface area contributed by atoms with Gasteiger partial charge in [-0.15, -0.1) is 0 Å². The Morgan fingerprint density at radius 3 is 2.45 bits per heavy atom. The molecule has 1 aromatic rings. The zero-order valence-electron chi connectivity index (χ0n) is 14.8. The summed E-state index contributed by atoms with van der Waals surface area (Å²) in [6.07, 6.45) is 5.43. The van der Waals surface area contributed by atoms with Gasteiger partial charge in [0.25, 0.3) is 0 Å². The zero-order valence-corrected chi connectivity index (χ0v) is 14.8. The van der Waals surface area contributed by atoms with Gasteiger partial charge in [-0.3, -0.25) is 0 Å². The SMILES string of the molecule is CC(C)(C)Cc1ccc(F)c(CC(C)(C)CC2CCCO2)c1. The van der Waals surface area contributed by atoms with Gasteiger partial charge >= 0.3 is 0 Å². The molecule has 0 aliphatic carbocycles. The Labute approximate surface area is 135 Å². The van der Waals surface area contributed by atoms with Gasteiger partial charge in [-0.05, 0) is 60.1 Å². The molecule has 1 fully saturated rings. The predicted octanol–water partition coefficient (Wildman–Crippen LogP) is 5.55. The molecule has 124 valence electrons. The summed E-state index contributed by atoms with van der Waals surface area (Å²) in [6.45, 7) is 12.0. The van der Waals surface area contributed by atoms with E-state index in [2.05, 4.69) is 40.7 Å². The van der Waals surface area contributed by atoms with Crippen LogP contribution in [0.1, 0.15) is 65.0 Å². The van der Waals surface area contributed by atoms with E-state index in [1.807, 2.05) is 6.07 Å². The maximum atomic E-state index is 14.2. The summed E-state index contributed by atoms with van der Waals surface area (Å²) in [4.78, 5) is 0. The molecule has 0 aromatic heterocycles. The molecule has 1 unspecified atom stereocenters. The van der Waals surface area contributed by atoms with Crippen molar-refractivity contribution in [1.29, 1.82) is 0 Å². The maximum absolute atomic E-state index is 14.2. The third-order valence-corrected chi connectivity index (χ3v) is 4.32. The fourth-order valence-electron chi connectivity index (χ4n) is 3.50. The molecule has 0 N–H and O–H groups in total. The van der Waals surface area contributed by atoms with Crippen molar-refractivity contribution >= 4 is 0 Å². The van der Waals surface area contributed by atoms with Crippen LogP contribution < -0.4 is 0 Å². The Hall–Kier alpha value is -0.890. The molecule has 1 atom stereocenters.